The smallest absolute Gasteiger partial charge is 0.371 e. The summed E-state index contributed by atoms with van der Waals surface area (Å²) < 4.78 is 10.6. The molecule has 108 valence electrons. The van der Waals surface area contributed by atoms with Gasteiger partial charge in [-0.05, 0) is 24.3 Å². The summed E-state index contributed by atoms with van der Waals surface area (Å²) in [6, 6.07) is 13.3. The topological polar surface area (TPSA) is 107 Å². The van der Waals surface area contributed by atoms with Crippen LogP contribution in [0.2, 0.25) is 0 Å². The fourth-order valence-corrected chi connectivity index (χ4v) is 1.70. The summed E-state index contributed by atoms with van der Waals surface area (Å²) in [4.78, 5) is 10.7. The standard InChI is InChI=1S/C16H10N2O4/c17-8-11(9-18)7-12-3-1-2-4-14(12)21-10-13-5-6-15(22-13)16(19)20/h1-7H,10H2,(H,19,20). The van der Waals surface area contributed by atoms with Crippen molar-refractivity contribution in [2.24, 2.45) is 0 Å². The van der Waals surface area contributed by atoms with Gasteiger partial charge < -0.3 is 14.3 Å². The molecule has 0 aliphatic heterocycles. The van der Waals surface area contributed by atoms with Crippen LogP contribution in [0.3, 0.4) is 0 Å². The summed E-state index contributed by atoms with van der Waals surface area (Å²) in [7, 11) is 0. The molecule has 0 spiro atoms. The maximum Gasteiger partial charge on any atom is 0.371 e. The number of aromatic carboxylic acids is 1. The highest BCUT2D eigenvalue weighted by molar-refractivity contribution is 5.84. The Hall–Kier alpha value is -3.51. The van der Waals surface area contributed by atoms with Gasteiger partial charge in [-0.1, -0.05) is 18.2 Å². The SMILES string of the molecule is N#CC(C#N)=Cc1ccccc1OCc1ccc(C(=O)O)o1. The molecular formula is C16H10N2O4. The number of para-hydroxylation sites is 1. The lowest BCUT2D eigenvalue weighted by molar-refractivity contribution is 0.0658. The normalized spacial score (nSPS) is 9.36. The van der Waals surface area contributed by atoms with E-state index < -0.39 is 5.97 Å². The second-order valence-electron chi connectivity index (χ2n) is 4.18. The monoisotopic (exact) mass is 294 g/mol. The van der Waals surface area contributed by atoms with Gasteiger partial charge in [0, 0.05) is 5.56 Å². The van der Waals surface area contributed by atoms with Gasteiger partial charge in [-0.25, -0.2) is 4.79 Å². The van der Waals surface area contributed by atoms with E-state index in [1.807, 2.05) is 0 Å². The third-order valence-electron chi connectivity index (χ3n) is 2.70. The minimum Gasteiger partial charge on any atom is -0.485 e. The Labute approximate surface area is 126 Å². The van der Waals surface area contributed by atoms with E-state index in [2.05, 4.69) is 0 Å². The molecule has 2 aromatic rings. The van der Waals surface area contributed by atoms with Crippen LogP contribution >= 0.6 is 0 Å². The largest absolute Gasteiger partial charge is 0.485 e. The number of nitriles is 2. The van der Waals surface area contributed by atoms with E-state index in [-0.39, 0.29) is 17.9 Å². The zero-order valence-corrected chi connectivity index (χ0v) is 11.3. The van der Waals surface area contributed by atoms with Gasteiger partial charge in [-0.3, -0.25) is 0 Å². The first-order valence-electron chi connectivity index (χ1n) is 6.19. The van der Waals surface area contributed by atoms with Crippen LogP contribution < -0.4 is 4.74 Å². The third-order valence-corrected chi connectivity index (χ3v) is 2.70. The fraction of sp³-hybridized carbons (Fsp3) is 0.0625. The van der Waals surface area contributed by atoms with E-state index in [4.69, 9.17) is 24.8 Å². The van der Waals surface area contributed by atoms with Crippen molar-refractivity contribution in [1.82, 2.24) is 0 Å². The Bertz CT molecular complexity index is 790. The van der Waals surface area contributed by atoms with E-state index in [0.29, 0.717) is 17.1 Å². The Morgan fingerprint density at radius 1 is 1.23 bits per heavy atom. The number of carboxylic acids is 1. The van der Waals surface area contributed by atoms with Crippen molar-refractivity contribution in [2.75, 3.05) is 0 Å². The fourth-order valence-electron chi connectivity index (χ4n) is 1.70. The van der Waals surface area contributed by atoms with E-state index >= 15 is 0 Å². The number of rotatable bonds is 5. The van der Waals surface area contributed by atoms with Gasteiger partial charge in [0.25, 0.3) is 0 Å². The Kier molecular flexibility index (Phi) is 4.59. The Morgan fingerprint density at radius 2 is 1.95 bits per heavy atom. The van der Waals surface area contributed by atoms with Crippen molar-refractivity contribution in [1.29, 1.82) is 10.5 Å². The lowest BCUT2D eigenvalue weighted by Crippen LogP contribution is -1.96. The highest BCUT2D eigenvalue weighted by atomic mass is 16.5. The number of allylic oxidation sites excluding steroid dienone is 1. The highest BCUT2D eigenvalue weighted by Gasteiger charge is 2.10. The van der Waals surface area contributed by atoms with Gasteiger partial charge in [-0.15, -0.1) is 0 Å². The Balaban J connectivity index is 2.17. The maximum absolute atomic E-state index is 10.7. The zero-order valence-electron chi connectivity index (χ0n) is 11.3. The van der Waals surface area contributed by atoms with Crippen LogP contribution in [0, 0.1) is 22.7 Å². The molecule has 0 radical (unpaired) electrons. The van der Waals surface area contributed by atoms with Crippen molar-refractivity contribution < 1.29 is 19.1 Å². The zero-order chi connectivity index (χ0) is 15.9. The lowest BCUT2D eigenvalue weighted by Gasteiger charge is -2.07. The number of carboxylic acid groups (broad SMARTS) is 1. The number of hydrogen-bond donors (Lipinski definition) is 1. The minimum absolute atomic E-state index is 0.0343. The number of ether oxygens (including phenoxy) is 1. The number of carbonyl (C=O) groups is 1. The molecule has 2 rings (SSSR count). The van der Waals surface area contributed by atoms with Crippen LogP contribution in [-0.2, 0) is 6.61 Å². The van der Waals surface area contributed by atoms with Gasteiger partial charge in [0.15, 0.2) is 0 Å². The van der Waals surface area contributed by atoms with Crippen molar-refractivity contribution in [2.45, 2.75) is 6.61 Å². The van der Waals surface area contributed by atoms with E-state index in [1.54, 1.807) is 36.4 Å². The van der Waals surface area contributed by atoms with Crippen LogP contribution in [0.25, 0.3) is 6.08 Å². The molecule has 1 aromatic heterocycles. The van der Waals surface area contributed by atoms with Gasteiger partial charge in [0.1, 0.15) is 35.8 Å². The van der Waals surface area contributed by atoms with Gasteiger partial charge in [0.05, 0.1) is 0 Å². The molecule has 1 aromatic carbocycles. The lowest BCUT2D eigenvalue weighted by atomic mass is 10.1. The van der Waals surface area contributed by atoms with Gasteiger partial charge in [-0.2, -0.15) is 10.5 Å². The van der Waals surface area contributed by atoms with E-state index in [9.17, 15) is 4.79 Å². The quantitative estimate of drug-likeness (QED) is 0.849. The van der Waals surface area contributed by atoms with Crippen molar-refractivity contribution in [3.63, 3.8) is 0 Å². The van der Waals surface area contributed by atoms with E-state index in [0.717, 1.165) is 0 Å². The molecule has 0 saturated carbocycles. The average Bonchev–Trinajstić information content (AvgIpc) is 3.00. The first-order chi connectivity index (χ1) is 10.6. The molecule has 0 amide bonds. The predicted octanol–water partition coefficient (Wildman–Crippen LogP) is 2.99. The Morgan fingerprint density at radius 3 is 2.59 bits per heavy atom. The molecule has 0 saturated heterocycles. The predicted molar refractivity (Wildman–Crippen MR) is 75.6 cm³/mol. The molecule has 0 aliphatic carbocycles. The molecular weight excluding hydrogens is 284 g/mol. The second-order valence-corrected chi connectivity index (χ2v) is 4.18. The number of furan rings is 1. The van der Waals surface area contributed by atoms with E-state index in [1.165, 1.54) is 18.2 Å². The first-order valence-corrected chi connectivity index (χ1v) is 6.19. The van der Waals surface area contributed by atoms with Crippen LogP contribution in [-0.4, -0.2) is 11.1 Å². The van der Waals surface area contributed by atoms with Crippen molar-refractivity contribution in [3.8, 4) is 17.9 Å². The molecule has 6 nitrogen and oxygen atoms in total. The molecule has 6 heteroatoms. The summed E-state index contributed by atoms with van der Waals surface area (Å²) in [6.07, 6.45) is 1.42. The summed E-state index contributed by atoms with van der Waals surface area (Å²) in [5, 5.41) is 26.4. The average molecular weight is 294 g/mol. The van der Waals surface area contributed by atoms with Crippen LogP contribution in [0.15, 0.2) is 46.4 Å². The molecule has 0 bridgehead atoms. The number of benzene rings is 1. The molecule has 22 heavy (non-hydrogen) atoms. The molecule has 0 unspecified atom stereocenters. The van der Waals surface area contributed by atoms with Crippen LogP contribution in [0.1, 0.15) is 21.9 Å². The first kappa shape index (κ1) is 14.9. The van der Waals surface area contributed by atoms with Gasteiger partial charge in [0.2, 0.25) is 5.76 Å². The molecule has 1 N–H and O–H groups in total. The summed E-state index contributed by atoms with van der Waals surface area (Å²) in [5.41, 5.74) is 0.535. The van der Waals surface area contributed by atoms with Crippen LogP contribution in [0.4, 0.5) is 0 Å². The number of nitrogens with zero attached hydrogens (tertiary/aromatic N) is 2. The molecule has 0 aliphatic rings. The van der Waals surface area contributed by atoms with Crippen molar-refractivity contribution >= 4 is 12.0 Å². The minimum atomic E-state index is -1.15. The second kappa shape index (κ2) is 6.78. The summed E-state index contributed by atoms with van der Waals surface area (Å²) in [5.74, 6) is -0.499. The summed E-state index contributed by atoms with van der Waals surface area (Å²) in [6.45, 7) is 0.0343. The van der Waals surface area contributed by atoms with Crippen LogP contribution in [0.5, 0.6) is 5.75 Å². The third kappa shape index (κ3) is 3.53. The van der Waals surface area contributed by atoms with Gasteiger partial charge >= 0.3 is 5.97 Å². The number of hydrogen-bond acceptors (Lipinski definition) is 5. The van der Waals surface area contributed by atoms with Crippen molar-refractivity contribution in [3.05, 3.63) is 59.1 Å². The molecule has 0 fully saturated rings. The maximum atomic E-state index is 10.7. The summed E-state index contributed by atoms with van der Waals surface area (Å²) >= 11 is 0. The molecule has 0 atom stereocenters. The molecule has 1 heterocycles. The highest BCUT2D eigenvalue weighted by Crippen LogP contribution is 2.22.